The zero-order valence-corrected chi connectivity index (χ0v) is 9.72. The van der Waals surface area contributed by atoms with Crippen molar-refractivity contribution in [3.63, 3.8) is 0 Å². The molecule has 0 aliphatic heterocycles. The number of aryl methyl sites for hydroxylation is 2. The molecule has 1 nitrogen and oxygen atoms in total. The lowest BCUT2D eigenvalue weighted by atomic mass is 9.92. The van der Waals surface area contributed by atoms with Crippen LogP contribution in [0.2, 0.25) is 0 Å². The molecule has 0 aromatic heterocycles. The van der Waals surface area contributed by atoms with Crippen LogP contribution in [0.15, 0.2) is 12.1 Å². The monoisotopic (exact) mass is 191 g/mol. The Morgan fingerprint density at radius 2 is 1.93 bits per heavy atom. The van der Waals surface area contributed by atoms with Crippen LogP contribution in [-0.4, -0.2) is 0 Å². The summed E-state index contributed by atoms with van der Waals surface area (Å²) in [4.78, 5) is 0. The summed E-state index contributed by atoms with van der Waals surface area (Å²) < 4.78 is 0. The van der Waals surface area contributed by atoms with Gasteiger partial charge in [0, 0.05) is 5.69 Å². The molecule has 1 aromatic carbocycles. The Morgan fingerprint density at radius 3 is 2.43 bits per heavy atom. The van der Waals surface area contributed by atoms with Gasteiger partial charge in [-0.05, 0) is 36.8 Å². The van der Waals surface area contributed by atoms with E-state index in [-0.39, 0.29) is 0 Å². The number of nitrogens with two attached hydrogens (primary N) is 1. The van der Waals surface area contributed by atoms with Crippen LogP contribution in [0.3, 0.4) is 0 Å². The summed E-state index contributed by atoms with van der Waals surface area (Å²) in [5.74, 6) is 0.570. The lowest BCUT2D eigenvalue weighted by Crippen LogP contribution is -2.03. The molecule has 78 valence electrons. The van der Waals surface area contributed by atoms with Gasteiger partial charge in [-0.25, -0.2) is 0 Å². The van der Waals surface area contributed by atoms with Gasteiger partial charge in [-0.3, -0.25) is 0 Å². The topological polar surface area (TPSA) is 26.0 Å². The minimum Gasteiger partial charge on any atom is -0.398 e. The number of rotatable bonds is 3. The van der Waals surface area contributed by atoms with Gasteiger partial charge in [-0.15, -0.1) is 0 Å². The van der Waals surface area contributed by atoms with Crippen LogP contribution in [0, 0.1) is 6.92 Å². The first-order chi connectivity index (χ1) is 6.60. The first-order valence-electron chi connectivity index (χ1n) is 5.49. The van der Waals surface area contributed by atoms with E-state index in [4.69, 9.17) is 5.73 Å². The van der Waals surface area contributed by atoms with Crippen LogP contribution in [0.4, 0.5) is 5.69 Å². The third-order valence-corrected chi connectivity index (χ3v) is 2.97. The van der Waals surface area contributed by atoms with Crippen LogP contribution in [0.1, 0.15) is 49.8 Å². The van der Waals surface area contributed by atoms with Crippen molar-refractivity contribution in [2.75, 3.05) is 5.73 Å². The number of hydrogen-bond acceptors (Lipinski definition) is 1. The molecule has 0 amide bonds. The normalized spacial score (nSPS) is 12.9. The second-order valence-corrected chi connectivity index (χ2v) is 4.09. The first-order valence-corrected chi connectivity index (χ1v) is 5.49. The molecule has 1 aromatic rings. The number of anilines is 1. The maximum Gasteiger partial charge on any atom is 0.0381 e. The molecule has 0 aliphatic rings. The van der Waals surface area contributed by atoms with E-state index in [1.165, 1.54) is 16.7 Å². The van der Waals surface area contributed by atoms with E-state index in [1.54, 1.807) is 0 Å². The van der Waals surface area contributed by atoms with E-state index in [2.05, 4.69) is 39.8 Å². The summed E-state index contributed by atoms with van der Waals surface area (Å²) in [7, 11) is 0. The summed E-state index contributed by atoms with van der Waals surface area (Å²) in [5, 5.41) is 0. The highest BCUT2D eigenvalue weighted by atomic mass is 14.6. The first kappa shape index (κ1) is 11.1. The molecule has 1 atom stereocenters. The van der Waals surface area contributed by atoms with E-state index >= 15 is 0 Å². The fourth-order valence-electron chi connectivity index (χ4n) is 1.82. The van der Waals surface area contributed by atoms with Gasteiger partial charge in [0.1, 0.15) is 0 Å². The molecule has 0 spiro atoms. The highest BCUT2D eigenvalue weighted by Crippen LogP contribution is 2.29. The van der Waals surface area contributed by atoms with Crippen molar-refractivity contribution < 1.29 is 0 Å². The molecule has 0 saturated heterocycles. The van der Waals surface area contributed by atoms with E-state index in [0.717, 1.165) is 18.5 Å². The summed E-state index contributed by atoms with van der Waals surface area (Å²) >= 11 is 0. The Bertz CT molecular complexity index is 315. The molecular weight excluding hydrogens is 170 g/mol. The van der Waals surface area contributed by atoms with Gasteiger partial charge in [-0.2, -0.15) is 0 Å². The summed E-state index contributed by atoms with van der Waals surface area (Å²) in [6, 6.07) is 4.42. The number of hydrogen-bond donors (Lipinski definition) is 1. The maximum atomic E-state index is 6.14. The quantitative estimate of drug-likeness (QED) is 0.725. The number of benzene rings is 1. The third kappa shape index (κ3) is 2.09. The zero-order valence-electron chi connectivity index (χ0n) is 9.72. The SMILES string of the molecule is CCc1cc(C)cc(C(C)CC)c1N. The third-order valence-electron chi connectivity index (χ3n) is 2.97. The summed E-state index contributed by atoms with van der Waals surface area (Å²) in [6.45, 7) is 8.75. The average molecular weight is 191 g/mol. The second-order valence-electron chi connectivity index (χ2n) is 4.09. The van der Waals surface area contributed by atoms with Crippen molar-refractivity contribution in [3.05, 3.63) is 28.8 Å². The maximum absolute atomic E-state index is 6.14. The highest BCUT2D eigenvalue weighted by molar-refractivity contribution is 5.56. The predicted octanol–water partition coefficient (Wildman–Crippen LogP) is 3.65. The smallest absolute Gasteiger partial charge is 0.0381 e. The van der Waals surface area contributed by atoms with E-state index < -0.39 is 0 Å². The largest absolute Gasteiger partial charge is 0.398 e. The van der Waals surface area contributed by atoms with Gasteiger partial charge in [0.05, 0.1) is 0 Å². The fourth-order valence-corrected chi connectivity index (χ4v) is 1.82. The molecular formula is C13H21N. The summed E-state index contributed by atoms with van der Waals surface area (Å²) in [5.41, 5.74) is 11.1. The molecule has 2 N–H and O–H groups in total. The Hall–Kier alpha value is -0.980. The van der Waals surface area contributed by atoms with Crippen molar-refractivity contribution >= 4 is 5.69 Å². The lowest BCUT2D eigenvalue weighted by Gasteiger charge is -2.16. The van der Waals surface area contributed by atoms with Gasteiger partial charge in [-0.1, -0.05) is 38.5 Å². The molecule has 0 saturated carbocycles. The van der Waals surface area contributed by atoms with Gasteiger partial charge in [0.25, 0.3) is 0 Å². The molecule has 0 aliphatic carbocycles. The van der Waals surface area contributed by atoms with Gasteiger partial charge in [0.2, 0.25) is 0 Å². The zero-order chi connectivity index (χ0) is 10.7. The molecule has 0 radical (unpaired) electrons. The van der Waals surface area contributed by atoms with Crippen LogP contribution in [0.5, 0.6) is 0 Å². The highest BCUT2D eigenvalue weighted by Gasteiger charge is 2.10. The molecule has 1 unspecified atom stereocenters. The van der Waals surface area contributed by atoms with Crippen molar-refractivity contribution in [1.82, 2.24) is 0 Å². The van der Waals surface area contributed by atoms with Gasteiger partial charge < -0.3 is 5.73 Å². The van der Waals surface area contributed by atoms with Crippen molar-refractivity contribution in [2.24, 2.45) is 0 Å². The average Bonchev–Trinajstić information content (AvgIpc) is 2.19. The Morgan fingerprint density at radius 1 is 1.29 bits per heavy atom. The van der Waals surface area contributed by atoms with Crippen LogP contribution < -0.4 is 5.73 Å². The second kappa shape index (κ2) is 4.50. The van der Waals surface area contributed by atoms with Crippen molar-refractivity contribution in [3.8, 4) is 0 Å². The fraction of sp³-hybridized carbons (Fsp3) is 0.538. The van der Waals surface area contributed by atoms with E-state index in [0.29, 0.717) is 5.92 Å². The molecule has 1 rings (SSSR count). The Labute approximate surface area is 87.3 Å². The van der Waals surface area contributed by atoms with Crippen LogP contribution >= 0.6 is 0 Å². The lowest BCUT2D eigenvalue weighted by molar-refractivity contribution is 0.734. The minimum atomic E-state index is 0.570. The molecule has 0 bridgehead atoms. The molecule has 0 fully saturated rings. The van der Waals surface area contributed by atoms with Crippen LogP contribution in [-0.2, 0) is 6.42 Å². The van der Waals surface area contributed by atoms with Gasteiger partial charge in [0.15, 0.2) is 0 Å². The number of nitrogen functional groups attached to an aromatic ring is 1. The molecule has 1 heteroatoms. The van der Waals surface area contributed by atoms with E-state index in [9.17, 15) is 0 Å². The standard InChI is InChI=1S/C13H21N/c1-5-10(4)12-8-9(3)7-11(6-2)13(12)14/h7-8,10H,5-6,14H2,1-4H3. The predicted molar refractivity (Wildman–Crippen MR) is 63.7 cm³/mol. The Balaban J connectivity index is 3.21. The Kier molecular flexibility index (Phi) is 3.56. The van der Waals surface area contributed by atoms with Crippen molar-refractivity contribution in [1.29, 1.82) is 0 Å². The van der Waals surface area contributed by atoms with E-state index in [1.807, 2.05) is 0 Å². The molecule has 0 heterocycles. The van der Waals surface area contributed by atoms with Crippen molar-refractivity contribution in [2.45, 2.75) is 46.5 Å². The van der Waals surface area contributed by atoms with Crippen LogP contribution in [0.25, 0.3) is 0 Å². The minimum absolute atomic E-state index is 0.570. The van der Waals surface area contributed by atoms with Gasteiger partial charge >= 0.3 is 0 Å². The molecule has 14 heavy (non-hydrogen) atoms. The summed E-state index contributed by atoms with van der Waals surface area (Å²) in [6.07, 6.45) is 2.17.